The van der Waals surface area contributed by atoms with Gasteiger partial charge in [-0.25, -0.2) is 4.98 Å². The smallest absolute Gasteiger partial charge is 0.270 e. The number of nitrogens with one attached hydrogen (secondary N) is 2. The molecule has 162 valence electrons. The topological polar surface area (TPSA) is 136 Å². The zero-order chi connectivity index (χ0) is 22.8. The van der Waals surface area contributed by atoms with Crippen molar-refractivity contribution in [1.29, 1.82) is 0 Å². The van der Waals surface area contributed by atoms with E-state index in [4.69, 9.17) is 0 Å². The Kier molecular flexibility index (Phi) is 5.65. The van der Waals surface area contributed by atoms with Crippen molar-refractivity contribution in [3.8, 4) is 16.5 Å². The molecule has 0 saturated heterocycles. The minimum absolute atomic E-state index is 0.114. The van der Waals surface area contributed by atoms with Crippen LogP contribution < -0.4 is 10.9 Å². The van der Waals surface area contributed by atoms with Crippen LogP contribution >= 0.6 is 11.3 Å². The summed E-state index contributed by atoms with van der Waals surface area (Å²) in [5.41, 5.74) is 1.36. The maximum absolute atomic E-state index is 12.8. The van der Waals surface area contributed by atoms with Crippen LogP contribution in [0.25, 0.3) is 16.5 Å². The number of nitro groups is 1. The predicted octanol–water partition coefficient (Wildman–Crippen LogP) is 3.72. The van der Waals surface area contributed by atoms with E-state index >= 15 is 0 Å². The third-order valence-electron chi connectivity index (χ3n) is 4.81. The number of amides is 1. The number of aryl methyl sites for hydroxylation is 1. The van der Waals surface area contributed by atoms with E-state index in [1.54, 1.807) is 13.0 Å². The third-order valence-corrected chi connectivity index (χ3v) is 5.70. The minimum atomic E-state index is -0.567. The van der Waals surface area contributed by atoms with Gasteiger partial charge in [-0.1, -0.05) is 19.1 Å². The molecule has 0 radical (unpaired) electrons. The van der Waals surface area contributed by atoms with E-state index in [9.17, 15) is 19.7 Å². The second kappa shape index (κ2) is 8.55. The summed E-state index contributed by atoms with van der Waals surface area (Å²) in [7, 11) is 0. The quantitative estimate of drug-likeness (QED) is 0.339. The number of benzene rings is 1. The fraction of sp³-hybridized carbons (Fsp3) is 0.143. The number of hydrogen-bond donors (Lipinski definition) is 2. The number of carbonyl (C=O) groups excluding carboxylic acids is 1. The number of hydrogen-bond acceptors (Lipinski definition) is 7. The summed E-state index contributed by atoms with van der Waals surface area (Å²) in [6, 6.07) is 10.8. The maximum Gasteiger partial charge on any atom is 0.270 e. The average Bonchev–Trinajstić information content (AvgIpc) is 3.43. The summed E-state index contributed by atoms with van der Waals surface area (Å²) < 4.78 is 1.35. The van der Waals surface area contributed by atoms with Gasteiger partial charge in [-0.2, -0.15) is 9.78 Å². The molecule has 2 N–H and O–H groups in total. The molecule has 3 aromatic heterocycles. The molecule has 32 heavy (non-hydrogen) atoms. The molecule has 4 rings (SSSR count). The van der Waals surface area contributed by atoms with E-state index in [-0.39, 0.29) is 28.6 Å². The zero-order valence-electron chi connectivity index (χ0n) is 17.2. The molecule has 0 spiro atoms. The molecule has 0 aliphatic carbocycles. The highest BCUT2D eigenvalue weighted by molar-refractivity contribution is 7.13. The average molecular weight is 450 g/mol. The number of rotatable bonds is 6. The van der Waals surface area contributed by atoms with Gasteiger partial charge in [0.25, 0.3) is 17.2 Å². The Balaban J connectivity index is 1.78. The van der Waals surface area contributed by atoms with Crippen molar-refractivity contribution in [2.75, 3.05) is 5.32 Å². The van der Waals surface area contributed by atoms with Crippen LogP contribution in [0.1, 0.15) is 28.5 Å². The molecule has 0 atom stereocenters. The second-order valence-electron chi connectivity index (χ2n) is 6.87. The Labute approximate surface area is 185 Å². The van der Waals surface area contributed by atoms with E-state index < -0.39 is 10.8 Å². The number of non-ortho nitro benzene ring substituents is 1. The first-order valence-corrected chi connectivity index (χ1v) is 10.5. The Hall–Kier alpha value is -4.12. The Morgan fingerprint density at radius 3 is 2.75 bits per heavy atom. The van der Waals surface area contributed by atoms with Crippen LogP contribution in [0, 0.1) is 17.0 Å². The van der Waals surface area contributed by atoms with Crippen LogP contribution in [0.5, 0.6) is 0 Å². The zero-order valence-corrected chi connectivity index (χ0v) is 18.0. The number of aromatic nitrogens is 4. The van der Waals surface area contributed by atoms with Gasteiger partial charge in [0.1, 0.15) is 11.5 Å². The van der Waals surface area contributed by atoms with Crippen LogP contribution in [0.2, 0.25) is 0 Å². The Morgan fingerprint density at radius 1 is 1.28 bits per heavy atom. The summed E-state index contributed by atoms with van der Waals surface area (Å²) in [6.45, 7) is 3.61. The molecular weight excluding hydrogens is 432 g/mol. The SMILES string of the molecule is CCc1c(C)nc(-n2nc(-c3cccs3)cc2NC(=O)c2cccc([N+](=O)[O-])c2)[nH]c1=O. The summed E-state index contributed by atoms with van der Waals surface area (Å²) in [5, 5.41) is 20.2. The highest BCUT2D eigenvalue weighted by atomic mass is 32.1. The third kappa shape index (κ3) is 4.05. The predicted molar refractivity (Wildman–Crippen MR) is 120 cm³/mol. The van der Waals surface area contributed by atoms with E-state index in [2.05, 4.69) is 20.4 Å². The lowest BCUT2D eigenvalue weighted by Crippen LogP contribution is -2.22. The van der Waals surface area contributed by atoms with Crippen LogP contribution in [0.15, 0.2) is 52.6 Å². The van der Waals surface area contributed by atoms with E-state index in [1.165, 1.54) is 40.3 Å². The van der Waals surface area contributed by atoms with Crippen molar-refractivity contribution in [2.45, 2.75) is 20.3 Å². The molecule has 4 aromatic rings. The van der Waals surface area contributed by atoms with Crippen molar-refractivity contribution in [3.05, 3.63) is 85.1 Å². The van der Waals surface area contributed by atoms with E-state index in [0.29, 0.717) is 23.4 Å². The summed E-state index contributed by atoms with van der Waals surface area (Å²) >= 11 is 1.47. The number of anilines is 1. The van der Waals surface area contributed by atoms with Crippen molar-refractivity contribution >= 4 is 28.7 Å². The minimum Gasteiger partial charge on any atom is -0.306 e. The van der Waals surface area contributed by atoms with Crippen molar-refractivity contribution in [3.63, 3.8) is 0 Å². The van der Waals surface area contributed by atoms with Gasteiger partial charge in [0, 0.05) is 35.0 Å². The fourth-order valence-corrected chi connectivity index (χ4v) is 3.92. The highest BCUT2D eigenvalue weighted by Gasteiger charge is 2.19. The van der Waals surface area contributed by atoms with Crippen LogP contribution in [0.4, 0.5) is 11.5 Å². The van der Waals surface area contributed by atoms with Gasteiger partial charge < -0.3 is 5.32 Å². The number of aromatic amines is 1. The molecular formula is C21H18N6O4S. The number of H-pyrrole nitrogens is 1. The molecule has 0 fully saturated rings. The molecule has 1 aromatic carbocycles. The maximum atomic E-state index is 12.8. The first-order valence-electron chi connectivity index (χ1n) is 9.67. The molecule has 0 unspecified atom stereocenters. The number of nitrogens with zero attached hydrogens (tertiary/aromatic N) is 4. The van der Waals surface area contributed by atoms with Crippen molar-refractivity contribution < 1.29 is 9.72 Å². The van der Waals surface area contributed by atoms with E-state index in [0.717, 1.165) is 4.88 Å². The largest absolute Gasteiger partial charge is 0.306 e. The number of thiophene rings is 1. The summed E-state index contributed by atoms with van der Waals surface area (Å²) in [5.74, 6) is -0.143. The Bertz CT molecular complexity index is 1370. The number of nitro benzene ring substituents is 1. The highest BCUT2D eigenvalue weighted by Crippen LogP contribution is 2.27. The molecule has 0 aliphatic heterocycles. The molecule has 0 bridgehead atoms. The summed E-state index contributed by atoms with van der Waals surface area (Å²) in [4.78, 5) is 43.8. The van der Waals surface area contributed by atoms with E-state index in [1.807, 2.05) is 24.4 Å². The monoisotopic (exact) mass is 450 g/mol. The standard InChI is InChI=1S/C21H18N6O4S/c1-3-15-12(2)22-21(24-20(15)29)26-18(11-16(25-26)17-8-5-9-32-17)23-19(28)13-6-4-7-14(10-13)27(30)31/h4-11H,3H2,1-2H3,(H,23,28)(H,22,24,29). The van der Waals surface area contributed by atoms with Crippen LogP contribution in [-0.2, 0) is 6.42 Å². The first kappa shape index (κ1) is 21.1. The van der Waals surface area contributed by atoms with Crippen LogP contribution in [-0.4, -0.2) is 30.6 Å². The van der Waals surface area contributed by atoms with Gasteiger partial charge >= 0.3 is 0 Å². The van der Waals surface area contributed by atoms with Crippen molar-refractivity contribution in [1.82, 2.24) is 19.7 Å². The lowest BCUT2D eigenvalue weighted by Gasteiger charge is -2.10. The molecule has 0 saturated carbocycles. The number of carbonyl (C=O) groups is 1. The van der Waals surface area contributed by atoms with Gasteiger partial charge in [0.15, 0.2) is 0 Å². The molecule has 11 heteroatoms. The lowest BCUT2D eigenvalue weighted by atomic mass is 10.2. The fourth-order valence-electron chi connectivity index (χ4n) is 3.24. The van der Waals surface area contributed by atoms with Crippen molar-refractivity contribution in [2.24, 2.45) is 0 Å². The normalized spacial score (nSPS) is 10.8. The van der Waals surface area contributed by atoms with Gasteiger partial charge in [0.2, 0.25) is 5.95 Å². The van der Waals surface area contributed by atoms with Crippen LogP contribution in [0.3, 0.4) is 0 Å². The molecule has 0 aliphatic rings. The van der Waals surface area contributed by atoms with Gasteiger partial charge in [-0.05, 0) is 30.9 Å². The second-order valence-corrected chi connectivity index (χ2v) is 7.82. The summed E-state index contributed by atoms with van der Waals surface area (Å²) in [6.07, 6.45) is 0.532. The van der Waals surface area contributed by atoms with Gasteiger partial charge in [0.05, 0.1) is 9.80 Å². The van der Waals surface area contributed by atoms with Gasteiger partial charge in [-0.15, -0.1) is 11.3 Å². The molecule has 3 heterocycles. The molecule has 1 amide bonds. The molecule has 10 nitrogen and oxygen atoms in total. The van der Waals surface area contributed by atoms with Gasteiger partial charge in [-0.3, -0.25) is 24.7 Å². The Morgan fingerprint density at radius 2 is 2.09 bits per heavy atom. The lowest BCUT2D eigenvalue weighted by molar-refractivity contribution is -0.384. The first-order chi connectivity index (χ1) is 15.4.